The third kappa shape index (κ3) is 37.6. The fourth-order valence-corrected chi connectivity index (χ4v) is 24.4. The molecule has 8 heterocycles. The van der Waals surface area contributed by atoms with E-state index >= 15 is 0 Å². The molecule has 28 heteroatoms. The third-order valence-electron chi connectivity index (χ3n) is 30.8. The molecule has 9 N–H and O–H groups in total. The zero-order valence-corrected chi connectivity index (χ0v) is 96.7. The van der Waals surface area contributed by atoms with E-state index in [1.165, 1.54) is 130 Å². The lowest BCUT2D eigenvalue weighted by atomic mass is 9.92. The van der Waals surface area contributed by atoms with E-state index in [0.717, 1.165) is 235 Å². The Bertz CT molecular complexity index is 5720. The topological polar surface area (TPSA) is 257 Å². The van der Waals surface area contributed by atoms with Crippen molar-refractivity contribution in [3.05, 3.63) is 230 Å². The number of sulfonamides is 3. The van der Waals surface area contributed by atoms with Crippen LogP contribution >= 0.6 is 0 Å². The number of hydrogen-bond donors (Lipinski definition) is 9. The number of nitrogens with zero attached hydrogens (tertiary/aromatic N) is 9. The summed E-state index contributed by atoms with van der Waals surface area (Å²) in [7, 11) is -3.32. The molecular formula is C121H188N18O7S3. The Morgan fingerprint density at radius 3 is 0.953 bits per heavy atom. The first-order valence-corrected chi connectivity index (χ1v) is 61.8. The number of nitrogens with one attached hydrogen (secondary N) is 9. The SMILES string of the molecule is CC(C)c1ccc(-c2ccc(N(C)C)cc2)cc1.CC(C)c1ccc(N2CCNCC2)c(CC2CC2)c1.CC(C)c1ccc(N2CCNCC2)c(CC2CCN(C)C2)c1.CC(C)c1ccc(N2CCNCC2)c(CNS(C)(=O)=O)c1.CC(C)c1ccc(N2CCNCC2)c(CS(=O)(=O)N2CCCC2)c1.CC(C)c1ccc(N2CCNCC2)c(CS(=O)(=O)NC2CCC2)c1.CCC(=O)NCc1cc(C(C)C)ccc1N1CCNCC1. The fourth-order valence-electron chi connectivity index (χ4n) is 20.9. The van der Waals surface area contributed by atoms with Gasteiger partial charge in [-0.3, -0.25) is 4.79 Å². The largest absolute Gasteiger partial charge is 0.378 e. The summed E-state index contributed by atoms with van der Waals surface area (Å²) in [5, 5.41) is 23.3. The number of likely N-dealkylation sites (tertiary alicyclic amines) is 1. The van der Waals surface area contributed by atoms with Crippen molar-refractivity contribution in [1.29, 1.82) is 0 Å². The number of carbonyl (C=O) groups excluding carboxylic acids is 1. The molecule has 1 amide bonds. The summed E-state index contributed by atoms with van der Waals surface area (Å²) in [6, 6.07) is 57.8. The molecule has 2 aliphatic carbocycles. The van der Waals surface area contributed by atoms with Crippen LogP contribution in [0.15, 0.2) is 158 Å². The summed E-state index contributed by atoms with van der Waals surface area (Å²) in [6.45, 7) is 62.1. The Morgan fingerprint density at radius 1 is 0.349 bits per heavy atom. The Labute approximate surface area is 900 Å². The van der Waals surface area contributed by atoms with Crippen LogP contribution in [0.5, 0.6) is 0 Å². The highest BCUT2D eigenvalue weighted by molar-refractivity contribution is 7.89. The lowest BCUT2D eigenvalue weighted by Crippen LogP contribution is -2.44. The van der Waals surface area contributed by atoms with Crippen LogP contribution < -0.4 is 81.0 Å². The van der Waals surface area contributed by atoms with Crippen LogP contribution in [-0.2, 0) is 72.3 Å². The molecule has 10 aliphatic rings. The highest BCUT2D eigenvalue weighted by atomic mass is 32.2. The molecule has 18 rings (SSSR count). The third-order valence-corrected chi connectivity index (χ3v) is 34.7. The Hall–Kier alpha value is -8.72. The molecule has 1 unspecified atom stereocenters. The van der Waals surface area contributed by atoms with Crippen LogP contribution in [0.25, 0.3) is 11.1 Å². The summed E-state index contributed by atoms with van der Waals surface area (Å²) in [5.74, 6) is 5.65. The van der Waals surface area contributed by atoms with Crippen LogP contribution in [0.3, 0.4) is 0 Å². The normalized spacial score (nSPS) is 18.2. The molecule has 822 valence electrons. The minimum Gasteiger partial charge on any atom is -0.378 e. The van der Waals surface area contributed by atoms with Gasteiger partial charge in [0.05, 0.1) is 17.8 Å². The Balaban J connectivity index is 0.000000154. The monoisotopic (exact) mass is 2100 g/mol. The molecule has 0 radical (unpaired) electrons. The van der Waals surface area contributed by atoms with Gasteiger partial charge in [-0.25, -0.2) is 39.0 Å². The quantitative estimate of drug-likeness (QED) is 0.0190. The highest BCUT2D eigenvalue weighted by Gasteiger charge is 2.33. The number of hydrogen-bond acceptors (Lipinski definition) is 21. The molecule has 0 spiro atoms. The summed E-state index contributed by atoms with van der Waals surface area (Å²) in [5.41, 5.74) is 28.0. The van der Waals surface area contributed by atoms with Crippen molar-refractivity contribution in [3.63, 3.8) is 0 Å². The fraction of sp³-hybridized carbons (Fsp3) is 0.595. The zero-order valence-electron chi connectivity index (χ0n) is 94.3. The molecule has 1 atom stereocenters. The molecule has 8 aromatic carbocycles. The first-order chi connectivity index (χ1) is 71.3. The van der Waals surface area contributed by atoms with Crippen LogP contribution in [0.1, 0.15) is 275 Å². The maximum atomic E-state index is 12.8. The van der Waals surface area contributed by atoms with E-state index in [0.29, 0.717) is 74.0 Å². The van der Waals surface area contributed by atoms with Gasteiger partial charge in [0.15, 0.2) is 0 Å². The van der Waals surface area contributed by atoms with Gasteiger partial charge in [-0.2, -0.15) is 0 Å². The molecule has 10 fully saturated rings. The standard InChI is InChI=1S/C19H31N3.2C18H29N3O2S.C17H27N3O.C17H26N2.C17H21N.C15H25N3O2S/c1-15(2)17-4-5-19(22-10-7-20-8-11-22)18(13-17)12-16-6-9-21(3)14-16;1-15(2)16-5-6-18(20-11-7-19-8-12-20)17(13-16)14-24(22,23)21-9-3-4-10-21;1-14(2)15-6-7-18(21-10-8-19-9-11-21)16(12-15)13-24(22,23)20-17-4-3-5-17;1-4-17(21)19-12-15-11-14(13(2)3)5-6-16(15)20-9-7-18-8-10-20;1-13(2)15-5-6-17(19-9-7-18-8-10-19)16(12-15)11-14-3-4-14;1-13(2)14-5-7-15(8-6-14)16-9-11-17(12-10-16)18(3)4;1-12(2)13-4-5-15(18-8-6-16-7-9-18)14(10-13)11-17-21(3,19)20/h4-5,13,15-16,20H,6-12,14H2,1-3H3;5-6,13,15,19H,3-4,7-12,14H2,1-2H3;6-7,12,14,17,19-20H,3-5,8-11,13H2,1-2H3;5-6,11,13,18H,4,7-10,12H2,1-3H3,(H,19,21);5-6,12-14,18H,3-4,7-11H2,1-2H3;5-13H,1-4H3;4-5,10,12,16-17H,6-9,11H2,1-3H3. The molecule has 25 nitrogen and oxygen atoms in total. The molecular weight excluding hydrogens is 1910 g/mol. The van der Waals surface area contributed by atoms with E-state index < -0.39 is 30.1 Å². The van der Waals surface area contributed by atoms with Gasteiger partial charge in [0.2, 0.25) is 36.0 Å². The average molecular weight is 2100 g/mol. The smallest absolute Gasteiger partial charge is 0.219 e. The lowest BCUT2D eigenvalue weighted by Gasteiger charge is -2.32. The number of anilines is 7. The summed E-state index contributed by atoms with van der Waals surface area (Å²) >= 11 is 0. The van der Waals surface area contributed by atoms with Gasteiger partial charge in [0.25, 0.3) is 0 Å². The molecule has 0 bridgehead atoms. The van der Waals surface area contributed by atoms with Crippen molar-refractivity contribution >= 4 is 75.8 Å². The predicted octanol–water partition coefficient (Wildman–Crippen LogP) is 18.3. The van der Waals surface area contributed by atoms with Crippen LogP contribution in [0.4, 0.5) is 39.8 Å². The van der Waals surface area contributed by atoms with E-state index in [9.17, 15) is 30.0 Å². The Kier molecular flexibility index (Phi) is 46.7. The van der Waals surface area contributed by atoms with Gasteiger partial charge in [0.1, 0.15) is 0 Å². The molecule has 149 heavy (non-hydrogen) atoms. The van der Waals surface area contributed by atoms with Crippen molar-refractivity contribution in [2.75, 3.05) is 245 Å². The maximum Gasteiger partial charge on any atom is 0.219 e. The maximum absolute atomic E-state index is 12.8. The lowest BCUT2D eigenvalue weighted by molar-refractivity contribution is -0.120. The summed E-state index contributed by atoms with van der Waals surface area (Å²) in [4.78, 5) is 30.6. The van der Waals surface area contributed by atoms with Crippen LogP contribution in [0, 0.1) is 11.8 Å². The number of benzene rings is 8. The van der Waals surface area contributed by atoms with Gasteiger partial charge in [0, 0.05) is 256 Å². The van der Waals surface area contributed by atoms with E-state index in [1.807, 2.05) is 6.92 Å². The highest BCUT2D eigenvalue weighted by Crippen LogP contribution is 2.40. The summed E-state index contributed by atoms with van der Waals surface area (Å²) in [6.07, 6.45) is 13.5. The van der Waals surface area contributed by atoms with Crippen molar-refractivity contribution in [2.24, 2.45) is 11.8 Å². The zero-order chi connectivity index (χ0) is 107. The first kappa shape index (κ1) is 119. The number of rotatable bonds is 32. The Morgan fingerprint density at radius 2 is 0.651 bits per heavy atom. The van der Waals surface area contributed by atoms with Gasteiger partial charge < -0.3 is 76.4 Å². The minimum absolute atomic E-state index is 0.0727. The second-order valence-electron chi connectivity index (χ2n) is 45.3. The molecule has 8 aromatic rings. The average Bonchev–Trinajstić information content (AvgIpc) is 1.73. The molecule has 8 saturated heterocycles. The second-order valence-corrected chi connectivity index (χ2v) is 50.8. The van der Waals surface area contributed by atoms with Crippen molar-refractivity contribution in [2.45, 2.75) is 247 Å². The minimum atomic E-state index is -3.29. The van der Waals surface area contributed by atoms with Gasteiger partial charge in [-0.1, -0.05) is 219 Å². The first-order valence-electron chi connectivity index (χ1n) is 56.6. The number of piperazine rings is 6. The van der Waals surface area contributed by atoms with Crippen LogP contribution in [-0.4, -0.2) is 257 Å². The van der Waals surface area contributed by atoms with E-state index in [2.05, 4.69) is 362 Å². The number of carbonyl (C=O) groups is 1. The molecule has 8 aliphatic heterocycles. The van der Waals surface area contributed by atoms with Crippen molar-refractivity contribution < 1.29 is 30.0 Å². The summed E-state index contributed by atoms with van der Waals surface area (Å²) < 4.78 is 80.7. The number of amides is 1. The van der Waals surface area contributed by atoms with E-state index in [4.69, 9.17) is 0 Å². The molecule has 2 saturated carbocycles. The van der Waals surface area contributed by atoms with Crippen molar-refractivity contribution in [1.82, 2.24) is 55.9 Å². The van der Waals surface area contributed by atoms with Gasteiger partial charge in [-0.15, -0.1) is 0 Å². The van der Waals surface area contributed by atoms with E-state index in [1.54, 1.807) is 15.4 Å². The van der Waals surface area contributed by atoms with Crippen molar-refractivity contribution in [3.8, 4) is 11.1 Å². The second kappa shape index (κ2) is 58.5. The van der Waals surface area contributed by atoms with Gasteiger partial charge >= 0.3 is 0 Å². The van der Waals surface area contributed by atoms with Crippen LogP contribution in [0.2, 0.25) is 0 Å². The van der Waals surface area contributed by atoms with Gasteiger partial charge in [-0.05, 0) is 257 Å². The van der Waals surface area contributed by atoms with E-state index in [-0.39, 0.29) is 23.5 Å². The predicted molar refractivity (Wildman–Crippen MR) is 630 cm³/mol. The molecule has 0 aromatic heterocycles.